The van der Waals surface area contributed by atoms with Crippen LogP contribution in [0.25, 0.3) is 0 Å². The summed E-state index contributed by atoms with van der Waals surface area (Å²) in [4.78, 5) is 15.0. The summed E-state index contributed by atoms with van der Waals surface area (Å²) in [6.07, 6.45) is 1.54. The molecule has 5 nitrogen and oxygen atoms in total. The van der Waals surface area contributed by atoms with Gasteiger partial charge in [0.2, 0.25) is 0 Å². The first-order chi connectivity index (χ1) is 9.19. The Morgan fingerprint density at radius 1 is 1.42 bits per heavy atom. The molecule has 1 N–H and O–H groups in total. The molecule has 0 bridgehead atoms. The summed E-state index contributed by atoms with van der Waals surface area (Å²) >= 11 is 0. The van der Waals surface area contributed by atoms with Crippen molar-refractivity contribution in [3.05, 3.63) is 53.5 Å². The lowest BCUT2D eigenvalue weighted by molar-refractivity contribution is 0.0697. The number of hydrogen-bond acceptors (Lipinski definition) is 4. The lowest BCUT2D eigenvalue weighted by atomic mass is 10.2. The second kappa shape index (κ2) is 5.97. The van der Waals surface area contributed by atoms with Crippen molar-refractivity contribution in [3.63, 3.8) is 0 Å². The van der Waals surface area contributed by atoms with Gasteiger partial charge in [0, 0.05) is 7.11 Å². The molecule has 0 fully saturated rings. The van der Waals surface area contributed by atoms with E-state index in [1.807, 2.05) is 0 Å². The number of carboxylic acids is 1. The molecule has 2 aromatic rings. The summed E-state index contributed by atoms with van der Waals surface area (Å²) in [5, 5.41) is 8.87. The SMILES string of the molecule is COCc1ccc(C=Nc2cccc(C(=O)O)c2)o1. The van der Waals surface area contributed by atoms with Crippen LogP contribution in [0.15, 0.2) is 45.8 Å². The van der Waals surface area contributed by atoms with Gasteiger partial charge in [0.1, 0.15) is 18.1 Å². The highest BCUT2D eigenvalue weighted by molar-refractivity contribution is 5.89. The van der Waals surface area contributed by atoms with Crippen molar-refractivity contribution in [2.45, 2.75) is 6.61 Å². The predicted octanol–water partition coefficient (Wildman–Crippen LogP) is 2.87. The molecule has 19 heavy (non-hydrogen) atoms. The molecule has 5 heteroatoms. The van der Waals surface area contributed by atoms with Crippen LogP contribution in [0.5, 0.6) is 0 Å². The Morgan fingerprint density at radius 3 is 3.00 bits per heavy atom. The molecule has 1 aromatic heterocycles. The molecular weight excluding hydrogens is 246 g/mol. The van der Waals surface area contributed by atoms with E-state index < -0.39 is 5.97 Å². The van der Waals surface area contributed by atoms with Crippen LogP contribution in [0.1, 0.15) is 21.9 Å². The average molecular weight is 259 g/mol. The van der Waals surface area contributed by atoms with E-state index in [2.05, 4.69) is 4.99 Å². The van der Waals surface area contributed by atoms with Gasteiger partial charge in [-0.2, -0.15) is 0 Å². The van der Waals surface area contributed by atoms with E-state index in [1.165, 1.54) is 12.1 Å². The number of furan rings is 1. The van der Waals surface area contributed by atoms with Crippen molar-refractivity contribution < 1.29 is 19.1 Å². The van der Waals surface area contributed by atoms with Crippen LogP contribution in [0, 0.1) is 0 Å². The van der Waals surface area contributed by atoms with Crippen molar-refractivity contribution in [2.24, 2.45) is 4.99 Å². The molecule has 0 aliphatic carbocycles. The van der Waals surface area contributed by atoms with E-state index in [4.69, 9.17) is 14.3 Å². The average Bonchev–Trinajstić information content (AvgIpc) is 2.85. The van der Waals surface area contributed by atoms with Gasteiger partial charge in [-0.1, -0.05) is 6.07 Å². The minimum Gasteiger partial charge on any atom is -0.478 e. The Morgan fingerprint density at radius 2 is 2.26 bits per heavy atom. The predicted molar refractivity (Wildman–Crippen MR) is 70.1 cm³/mol. The maximum absolute atomic E-state index is 10.8. The summed E-state index contributed by atoms with van der Waals surface area (Å²) in [5.41, 5.74) is 0.763. The molecule has 1 aromatic carbocycles. The number of hydrogen-bond donors (Lipinski definition) is 1. The second-order valence-electron chi connectivity index (χ2n) is 3.85. The molecule has 0 aliphatic rings. The zero-order chi connectivity index (χ0) is 13.7. The summed E-state index contributed by atoms with van der Waals surface area (Å²) in [5.74, 6) is 0.327. The van der Waals surface area contributed by atoms with Gasteiger partial charge in [-0.15, -0.1) is 0 Å². The summed E-state index contributed by atoms with van der Waals surface area (Å²) in [6.45, 7) is 0.405. The van der Waals surface area contributed by atoms with E-state index in [1.54, 1.807) is 37.6 Å². The number of aromatic carboxylic acids is 1. The summed E-state index contributed by atoms with van der Waals surface area (Å²) in [7, 11) is 1.59. The van der Waals surface area contributed by atoms with Gasteiger partial charge in [-0.05, 0) is 30.3 Å². The van der Waals surface area contributed by atoms with Crippen molar-refractivity contribution in [2.75, 3.05) is 7.11 Å². The lowest BCUT2D eigenvalue weighted by Crippen LogP contribution is -1.94. The molecule has 0 aliphatic heterocycles. The van der Waals surface area contributed by atoms with Gasteiger partial charge in [0.15, 0.2) is 0 Å². The molecular formula is C14H13NO4. The van der Waals surface area contributed by atoms with Crippen LogP contribution in [-0.2, 0) is 11.3 Å². The Hall–Kier alpha value is -2.40. The van der Waals surface area contributed by atoms with Gasteiger partial charge in [-0.3, -0.25) is 4.99 Å². The van der Waals surface area contributed by atoms with Crippen LogP contribution in [0.3, 0.4) is 0 Å². The molecule has 1 heterocycles. The molecule has 0 radical (unpaired) electrons. The molecule has 0 saturated carbocycles. The molecule has 0 unspecified atom stereocenters. The Bertz CT molecular complexity index is 601. The number of carbonyl (C=O) groups is 1. The molecule has 0 amide bonds. The van der Waals surface area contributed by atoms with E-state index in [0.717, 1.165) is 0 Å². The van der Waals surface area contributed by atoms with Crippen LogP contribution < -0.4 is 0 Å². The molecule has 0 saturated heterocycles. The first-order valence-corrected chi connectivity index (χ1v) is 5.64. The fourth-order valence-corrected chi connectivity index (χ4v) is 1.54. The van der Waals surface area contributed by atoms with Gasteiger partial charge >= 0.3 is 5.97 Å². The zero-order valence-electron chi connectivity index (χ0n) is 10.4. The number of benzene rings is 1. The number of nitrogens with zero attached hydrogens (tertiary/aromatic N) is 1. The Kier molecular flexibility index (Phi) is 4.10. The minimum atomic E-state index is -0.975. The van der Waals surface area contributed by atoms with Gasteiger partial charge in [-0.25, -0.2) is 4.79 Å². The van der Waals surface area contributed by atoms with Gasteiger partial charge < -0.3 is 14.3 Å². The number of aliphatic imine (C=N–C) groups is 1. The van der Waals surface area contributed by atoms with Crippen molar-refractivity contribution in [3.8, 4) is 0 Å². The molecule has 98 valence electrons. The fraction of sp³-hybridized carbons (Fsp3) is 0.143. The standard InChI is InChI=1S/C14H13NO4/c1-18-9-13-6-5-12(19-13)8-15-11-4-2-3-10(7-11)14(16)17/h2-8H,9H2,1H3,(H,16,17). The quantitative estimate of drug-likeness (QED) is 0.838. The number of methoxy groups -OCH3 is 1. The number of rotatable bonds is 5. The summed E-state index contributed by atoms with van der Waals surface area (Å²) in [6, 6.07) is 9.97. The third-order valence-electron chi connectivity index (χ3n) is 2.40. The van der Waals surface area contributed by atoms with Crippen molar-refractivity contribution >= 4 is 17.9 Å². The topological polar surface area (TPSA) is 72.0 Å². The third kappa shape index (κ3) is 3.53. The minimum absolute atomic E-state index is 0.203. The van der Waals surface area contributed by atoms with Crippen LogP contribution in [-0.4, -0.2) is 24.4 Å². The van der Waals surface area contributed by atoms with Gasteiger partial charge in [0.25, 0.3) is 0 Å². The zero-order valence-corrected chi connectivity index (χ0v) is 10.4. The second-order valence-corrected chi connectivity index (χ2v) is 3.85. The normalized spacial score (nSPS) is 11.0. The van der Waals surface area contributed by atoms with Crippen LogP contribution >= 0.6 is 0 Å². The van der Waals surface area contributed by atoms with Crippen molar-refractivity contribution in [1.82, 2.24) is 0 Å². The third-order valence-corrected chi connectivity index (χ3v) is 2.40. The monoisotopic (exact) mass is 259 g/mol. The van der Waals surface area contributed by atoms with Crippen molar-refractivity contribution in [1.29, 1.82) is 0 Å². The molecule has 0 spiro atoms. The number of carboxylic acid groups (broad SMARTS) is 1. The lowest BCUT2D eigenvalue weighted by Gasteiger charge is -1.96. The number of ether oxygens (including phenoxy) is 1. The van der Waals surface area contributed by atoms with E-state index in [9.17, 15) is 4.79 Å². The maximum Gasteiger partial charge on any atom is 0.335 e. The molecule has 2 rings (SSSR count). The highest BCUT2D eigenvalue weighted by atomic mass is 16.5. The van der Waals surface area contributed by atoms with E-state index >= 15 is 0 Å². The Balaban J connectivity index is 2.12. The first kappa shape index (κ1) is 13.0. The fourth-order valence-electron chi connectivity index (χ4n) is 1.54. The van der Waals surface area contributed by atoms with Crippen LogP contribution in [0.4, 0.5) is 5.69 Å². The van der Waals surface area contributed by atoms with E-state index in [0.29, 0.717) is 23.8 Å². The molecule has 0 atom stereocenters. The highest BCUT2D eigenvalue weighted by Gasteiger charge is 2.02. The first-order valence-electron chi connectivity index (χ1n) is 5.64. The highest BCUT2D eigenvalue weighted by Crippen LogP contribution is 2.15. The smallest absolute Gasteiger partial charge is 0.335 e. The maximum atomic E-state index is 10.8. The summed E-state index contributed by atoms with van der Waals surface area (Å²) < 4.78 is 10.4. The van der Waals surface area contributed by atoms with Gasteiger partial charge in [0.05, 0.1) is 17.5 Å². The largest absolute Gasteiger partial charge is 0.478 e. The Labute approximate surface area is 110 Å². The van der Waals surface area contributed by atoms with Crippen LogP contribution in [0.2, 0.25) is 0 Å². The van der Waals surface area contributed by atoms with E-state index in [-0.39, 0.29) is 5.56 Å².